The minimum Gasteiger partial charge on any atom is -0.293 e. The first-order valence-corrected chi connectivity index (χ1v) is 11.0. The molecule has 0 unspecified atom stereocenters. The Morgan fingerprint density at radius 2 is 1.66 bits per heavy atom. The van der Waals surface area contributed by atoms with E-state index in [1.54, 1.807) is 24.3 Å². The highest BCUT2D eigenvalue weighted by atomic mass is 32.2. The molecule has 3 nitrogen and oxygen atoms in total. The third kappa shape index (κ3) is 4.77. The summed E-state index contributed by atoms with van der Waals surface area (Å²) in [6, 6.07) is 27.2. The summed E-state index contributed by atoms with van der Waals surface area (Å²) in [5, 5.41) is 10.4. The molecule has 0 aliphatic heterocycles. The second kappa shape index (κ2) is 9.59. The molecule has 0 radical (unpaired) electrons. The zero-order valence-corrected chi connectivity index (χ0v) is 18.2. The van der Waals surface area contributed by atoms with E-state index in [4.69, 9.17) is 4.98 Å². The number of halogens is 1. The van der Waals surface area contributed by atoms with Crippen LogP contribution in [0.3, 0.4) is 0 Å². The van der Waals surface area contributed by atoms with Gasteiger partial charge in [-0.3, -0.25) is 4.79 Å². The van der Waals surface area contributed by atoms with Gasteiger partial charge >= 0.3 is 0 Å². The highest BCUT2D eigenvalue weighted by molar-refractivity contribution is 8.00. The van der Waals surface area contributed by atoms with Gasteiger partial charge in [0, 0.05) is 16.7 Å². The number of Topliss-reactive ketones (excluding diaryl/α,β-unsaturated/α-hetero) is 1. The Hall–Kier alpha value is -3.75. The fourth-order valence-corrected chi connectivity index (χ4v) is 4.20. The Labute approximate surface area is 190 Å². The first kappa shape index (κ1) is 21.5. The summed E-state index contributed by atoms with van der Waals surface area (Å²) in [7, 11) is 0. The lowest BCUT2D eigenvalue weighted by molar-refractivity contribution is 0.102. The molecule has 0 saturated heterocycles. The van der Waals surface area contributed by atoms with E-state index in [9.17, 15) is 14.4 Å². The number of thioether (sulfide) groups is 1. The SMILES string of the molecule is Cc1ccc(C(=O)CSc2nc(-c3ccccc3)cc(-c3ccc(F)cc3)c2C#N)cc1. The zero-order chi connectivity index (χ0) is 22.5. The van der Waals surface area contributed by atoms with Crippen molar-refractivity contribution in [3.05, 3.63) is 107 Å². The van der Waals surface area contributed by atoms with Crippen molar-refractivity contribution in [1.82, 2.24) is 4.98 Å². The Morgan fingerprint density at radius 1 is 0.969 bits per heavy atom. The molecule has 32 heavy (non-hydrogen) atoms. The van der Waals surface area contributed by atoms with Crippen molar-refractivity contribution in [2.75, 3.05) is 5.75 Å². The van der Waals surface area contributed by atoms with Crippen LogP contribution in [-0.4, -0.2) is 16.5 Å². The van der Waals surface area contributed by atoms with Gasteiger partial charge in [0.15, 0.2) is 5.78 Å². The van der Waals surface area contributed by atoms with Crippen molar-refractivity contribution >= 4 is 17.5 Å². The number of aromatic nitrogens is 1. The molecule has 0 amide bonds. The minimum atomic E-state index is -0.345. The lowest BCUT2D eigenvalue weighted by atomic mass is 9.99. The quantitative estimate of drug-likeness (QED) is 0.248. The fourth-order valence-electron chi connectivity index (χ4n) is 3.30. The maximum absolute atomic E-state index is 13.5. The van der Waals surface area contributed by atoms with Gasteiger partial charge < -0.3 is 0 Å². The van der Waals surface area contributed by atoms with Crippen LogP contribution < -0.4 is 0 Å². The standard InChI is InChI=1S/C27H19FN2OS/c1-18-7-9-21(10-8-18)26(31)17-32-27-24(16-29)23(19-11-13-22(28)14-12-19)15-25(30-27)20-5-3-2-4-6-20/h2-15H,17H2,1H3. The number of aryl methyl sites for hydroxylation is 1. The molecule has 1 aromatic heterocycles. The van der Waals surface area contributed by atoms with Gasteiger partial charge in [-0.2, -0.15) is 5.26 Å². The van der Waals surface area contributed by atoms with Gasteiger partial charge in [0.05, 0.1) is 17.0 Å². The first-order chi connectivity index (χ1) is 15.5. The van der Waals surface area contributed by atoms with Crippen LogP contribution in [0.15, 0.2) is 90.0 Å². The van der Waals surface area contributed by atoms with Crippen molar-refractivity contribution in [1.29, 1.82) is 5.26 Å². The van der Waals surface area contributed by atoms with Crippen LogP contribution >= 0.6 is 11.8 Å². The molecular formula is C27H19FN2OS. The molecule has 0 saturated carbocycles. The molecule has 0 atom stereocenters. The lowest BCUT2D eigenvalue weighted by Crippen LogP contribution is -2.04. The van der Waals surface area contributed by atoms with Gasteiger partial charge in [-0.25, -0.2) is 9.37 Å². The average molecular weight is 439 g/mol. The van der Waals surface area contributed by atoms with E-state index in [1.807, 2.05) is 55.5 Å². The molecule has 1 heterocycles. The van der Waals surface area contributed by atoms with Crippen molar-refractivity contribution in [2.24, 2.45) is 0 Å². The summed E-state index contributed by atoms with van der Waals surface area (Å²) in [6.45, 7) is 1.97. The topological polar surface area (TPSA) is 53.8 Å². The number of nitriles is 1. The molecule has 5 heteroatoms. The number of carbonyl (C=O) groups excluding carboxylic acids is 1. The molecule has 3 aromatic carbocycles. The predicted octanol–water partition coefficient (Wildman–Crippen LogP) is 6.71. The Kier molecular flexibility index (Phi) is 6.44. The van der Waals surface area contributed by atoms with Crippen LogP contribution in [0, 0.1) is 24.1 Å². The van der Waals surface area contributed by atoms with Crippen LogP contribution in [0.4, 0.5) is 4.39 Å². The molecule has 0 aliphatic carbocycles. The van der Waals surface area contributed by atoms with E-state index in [-0.39, 0.29) is 17.4 Å². The van der Waals surface area contributed by atoms with E-state index < -0.39 is 0 Å². The van der Waals surface area contributed by atoms with Gasteiger partial charge in [0.2, 0.25) is 0 Å². The van der Waals surface area contributed by atoms with E-state index >= 15 is 0 Å². The molecule has 4 rings (SSSR count). The second-order valence-corrected chi connectivity index (χ2v) is 8.26. The third-order valence-electron chi connectivity index (χ3n) is 5.04. The highest BCUT2D eigenvalue weighted by Crippen LogP contribution is 2.34. The molecule has 0 bridgehead atoms. The van der Waals surface area contributed by atoms with Crippen LogP contribution in [0.1, 0.15) is 21.5 Å². The number of hydrogen-bond acceptors (Lipinski definition) is 4. The fraction of sp³-hybridized carbons (Fsp3) is 0.0741. The van der Waals surface area contributed by atoms with Crippen molar-refractivity contribution in [3.63, 3.8) is 0 Å². The monoisotopic (exact) mass is 438 g/mol. The summed E-state index contributed by atoms with van der Waals surface area (Å²) in [5.74, 6) is -0.219. The summed E-state index contributed by atoms with van der Waals surface area (Å²) < 4.78 is 13.5. The maximum Gasteiger partial charge on any atom is 0.173 e. The Morgan fingerprint density at radius 3 is 2.31 bits per heavy atom. The number of carbonyl (C=O) groups is 1. The van der Waals surface area contributed by atoms with Crippen molar-refractivity contribution in [2.45, 2.75) is 11.9 Å². The summed E-state index contributed by atoms with van der Waals surface area (Å²) in [5.41, 5.74) is 5.04. The van der Waals surface area contributed by atoms with E-state index in [0.717, 1.165) is 11.1 Å². The van der Waals surface area contributed by atoms with E-state index in [1.165, 1.54) is 23.9 Å². The molecule has 0 aliphatic rings. The van der Waals surface area contributed by atoms with Gasteiger partial charge in [0.1, 0.15) is 16.9 Å². The minimum absolute atomic E-state index is 0.0332. The Balaban J connectivity index is 1.75. The average Bonchev–Trinajstić information content (AvgIpc) is 2.83. The van der Waals surface area contributed by atoms with Gasteiger partial charge in [-0.1, -0.05) is 84.1 Å². The number of ketones is 1. The number of nitrogens with zero attached hydrogens (tertiary/aromatic N) is 2. The largest absolute Gasteiger partial charge is 0.293 e. The van der Waals surface area contributed by atoms with Crippen LogP contribution in [-0.2, 0) is 0 Å². The molecule has 0 fully saturated rings. The van der Waals surface area contributed by atoms with Gasteiger partial charge in [0.25, 0.3) is 0 Å². The van der Waals surface area contributed by atoms with Crippen LogP contribution in [0.25, 0.3) is 22.4 Å². The normalized spacial score (nSPS) is 10.5. The van der Waals surface area contributed by atoms with Crippen molar-refractivity contribution in [3.8, 4) is 28.5 Å². The number of rotatable bonds is 6. The van der Waals surface area contributed by atoms with E-state index in [2.05, 4.69) is 6.07 Å². The lowest BCUT2D eigenvalue weighted by Gasteiger charge is -2.12. The van der Waals surface area contributed by atoms with Gasteiger partial charge in [-0.05, 0) is 30.7 Å². The van der Waals surface area contributed by atoms with Crippen LogP contribution in [0.5, 0.6) is 0 Å². The molecule has 156 valence electrons. The number of benzene rings is 3. The molecule has 0 N–H and O–H groups in total. The van der Waals surface area contributed by atoms with E-state index in [0.29, 0.717) is 33.0 Å². The highest BCUT2D eigenvalue weighted by Gasteiger charge is 2.17. The van der Waals surface area contributed by atoms with Crippen LogP contribution in [0.2, 0.25) is 0 Å². The smallest absolute Gasteiger partial charge is 0.173 e. The van der Waals surface area contributed by atoms with Gasteiger partial charge in [-0.15, -0.1) is 0 Å². The zero-order valence-electron chi connectivity index (χ0n) is 17.4. The first-order valence-electron chi connectivity index (χ1n) is 10.0. The number of pyridine rings is 1. The molecule has 4 aromatic rings. The summed E-state index contributed by atoms with van der Waals surface area (Å²) in [4.78, 5) is 17.4. The Bertz CT molecular complexity index is 1290. The summed E-state index contributed by atoms with van der Waals surface area (Å²) >= 11 is 1.24. The molecular weight excluding hydrogens is 419 g/mol. The molecule has 0 spiro atoms. The second-order valence-electron chi connectivity index (χ2n) is 7.30. The predicted molar refractivity (Wildman–Crippen MR) is 126 cm³/mol. The third-order valence-corrected chi connectivity index (χ3v) is 6.01. The van der Waals surface area contributed by atoms with Crippen molar-refractivity contribution < 1.29 is 9.18 Å². The maximum atomic E-state index is 13.5. The number of hydrogen-bond donors (Lipinski definition) is 0. The summed E-state index contributed by atoms with van der Waals surface area (Å²) in [6.07, 6.45) is 0.